The van der Waals surface area contributed by atoms with Gasteiger partial charge in [-0.1, -0.05) is 23.9 Å². The molecule has 8 heteroatoms. The van der Waals surface area contributed by atoms with Crippen LogP contribution in [0.5, 0.6) is 5.75 Å². The minimum Gasteiger partial charge on any atom is -0.494 e. The number of rotatable bonds is 5. The number of amides is 2. The van der Waals surface area contributed by atoms with Crippen LogP contribution in [0.1, 0.15) is 13.3 Å². The van der Waals surface area contributed by atoms with E-state index >= 15 is 0 Å². The van der Waals surface area contributed by atoms with Crippen LogP contribution in [0, 0.1) is 5.82 Å². The van der Waals surface area contributed by atoms with E-state index in [0.717, 1.165) is 0 Å². The van der Waals surface area contributed by atoms with Gasteiger partial charge in [-0.25, -0.2) is 9.38 Å². The molecule has 1 heterocycles. The number of amidine groups is 1. The summed E-state index contributed by atoms with van der Waals surface area (Å²) in [5, 5.41) is 2.54. The average molecular weight is 401 g/mol. The summed E-state index contributed by atoms with van der Waals surface area (Å²) in [6.45, 7) is 2.31. The van der Waals surface area contributed by atoms with E-state index in [1.807, 2.05) is 19.1 Å². The fraction of sp³-hybridized carbons (Fsp3) is 0.250. The summed E-state index contributed by atoms with van der Waals surface area (Å²) in [7, 11) is 1.55. The number of aliphatic imine (C=N–C) groups is 1. The smallest absolute Gasteiger partial charge is 0.238 e. The van der Waals surface area contributed by atoms with Gasteiger partial charge in [-0.2, -0.15) is 0 Å². The van der Waals surface area contributed by atoms with Gasteiger partial charge >= 0.3 is 0 Å². The molecule has 2 aromatic rings. The van der Waals surface area contributed by atoms with Gasteiger partial charge in [0.05, 0.1) is 7.11 Å². The highest BCUT2D eigenvalue weighted by atomic mass is 32.2. The lowest BCUT2D eigenvalue weighted by atomic mass is 10.2. The topological polar surface area (TPSA) is 71.0 Å². The largest absolute Gasteiger partial charge is 0.494 e. The van der Waals surface area contributed by atoms with E-state index in [1.54, 1.807) is 24.1 Å². The van der Waals surface area contributed by atoms with Crippen LogP contribution in [0.4, 0.5) is 15.8 Å². The van der Waals surface area contributed by atoms with Gasteiger partial charge in [-0.05, 0) is 43.3 Å². The number of thioether (sulfide) groups is 1. The fourth-order valence-corrected chi connectivity index (χ4v) is 3.89. The van der Waals surface area contributed by atoms with Gasteiger partial charge in [0.1, 0.15) is 22.5 Å². The number of methoxy groups -OCH3 is 1. The molecule has 0 unspecified atom stereocenters. The molecule has 0 aliphatic carbocycles. The molecule has 1 N–H and O–H groups in total. The highest BCUT2D eigenvalue weighted by molar-refractivity contribution is 8.15. The molecule has 146 valence electrons. The molecule has 0 bridgehead atoms. The normalized spacial score (nSPS) is 18.2. The van der Waals surface area contributed by atoms with Crippen LogP contribution in [0.3, 0.4) is 0 Å². The number of para-hydroxylation sites is 2. The molecule has 0 saturated carbocycles. The van der Waals surface area contributed by atoms with E-state index < -0.39 is 5.25 Å². The van der Waals surface area contributed by atoms with Gasteiger partial charge in [0.15, 0.2) is 5.17 Å². The first-order chi connectivity index (χ1) is 13.5. The molecule has 1 saturated heterocycles. The van der Waals surface area contributed by atoms with Crippen molar-refractivity contribution in [3.63, 3.8) is 0 Å². The number of anilines is 1. The van der Waals surface area contributed by atoms with Gasteiger partial charge in [0.25, 0.3) is 0 Å². The van der Waals surface area contributed by atoms with Crippen LogP contribution in [0.25, 0.3) is 0 Å². The summed E-state index contributed by atoms with van der Waals surface area (Å²) in [5.41, 5.74) is 1.05. The van der Waals surface area contributed by atoms with E-state index in [0.29, 0.717) is 28.8 Å². The number of halogens is 1. The molecule has 1 fully saturated rings. The Morgan fingerprint density at radius 2 is 2.00 bits per heavy atom. The second-order valence-corrected chi connectivity index (χ2v) is 7.18. The summed E-state index contributed by atoms with van der Waals surface area (Å²) >= 11 is 1.23. The van der Waals surface area contributed by atoms with Crippen LogP contribution in [-0.2, 0) is 9.59 Å². The number of benzene rings is 2. The Kier molecular flexibility index (Phi) is 6.30. The van der Waals surface area contributed by atoms with Crippen molar-refractivity contribution < 1.29 is 18.7 Å². The van der Waals surface area contributed by atoms with E-state index in [1.165, 1.54) is 36.0 Å². The quantitative estimate of drug-likeness (QED) is 0.827. The maximum atomic E-state index is 13.0. The van der Waals surface area contributed by atoms with Crippen molar-refractivity contribution in [3.8, 4) is 5.75 Å². The average Bonchev–Trinajstić information content (AvgIpc) is 2.70. The first-order valence-electron chi connectivity index (χ1n) is 8.77. The van der Waals surface area contributed by atoms with Crippen LogP contribution in [0.15, 0.2) is 53.5 Å². The molecule has 1 aliphatic rings. The summed E-state index contributed by atoms with van der Waals surface area (Å²) < 4.78 is 18.4. The van der Waals surface area contributed by atoms with Crippen LogP contribution in [-0.4, -0.2) is 40.8 Å². The van der Waals surface area contributed by atoms with Crippen molar-refractivity contribution in [2.75, 3.05) is 19.0 Å². The third-order valence-corrected chi connectivity index (χ3v) is 5.35. The molecular formula is C20H20FN3O3S. The van der Waals surface area contributed by atoms with Gasteiger partial charge < -0.3 is 10.1 Å². The lowest BCUT2D eigenvalue weighted by Gasteiger charge is -2.31. The van der Waals surface area contributed by atoms with Crippen molar-refractivity contribution in [3.05, 3.63) is 54.3 Å². The monoisotopic (exact) mass is 401 g/mol. The molecule has 2 aromatic carbocycles. The zero-order chi connectivity index (χ0) is 20.1. The second-order valence-electron chi connectivity index (χ2n) is 6.01. The predicted molar refractivity (Wildman–Crippen MR) is 109 cm³/mol. The Morgan fingerprint density at radius 1 is 1.29 bits per heavy atom. The first-order valence-corrected chi connectivity index (χ1v) is 9.65. The molecule has 1 aliphatic heterocycles. The number of ether oxygens (including phenoxy) is 1. The van der Waals surface area contributed by atoms with Gasteiger partial charge in [0.2, 0.25) is 11.8 Å². The number of carbonyl (C=O) groups excluding carboxylic acids is 2. The van der Waals surface area contributed by atoms with Crippen molar-refractivity contribution >= 4 is 40.1 Å². The third-order valence-electron chi connectivity index (χ3n) is 4.16. The molecule has 0 spiro atoms. The lowest BCUT2D eigenvalue weighted by Crippen LogP contribution is -2.45. The minimum atomic E-state index is -0.631. The Balaban J connectivity index is 1.83. The lowest BCUT2D eigenvalue weighted by molar-refractivity contribution is -0.129. The maximum absolute atomic E-state index is 13.0. The molecule has 2 amide bonds. The van der Waals surface area contributed by atoms with E-state index in [-0.39, 0.29) is 24.1 Å². The first kappa shape index (κ1) is 19.9. The number of hydrogen-bond donors (Lipinski definition) is 1. The summed E-state index contributed by atoms with van der Waals surface area (Å²) in [6, 6.07) is 12.7. The fourth-order valence-electron chi connectivity index (χ4n) is 2.73. The van der Waals surface area contributed by atoms with Gasteiger partial charge in [0, 0.05) is 18.7 Å². The molecule has 6 nitrogen and oxygen atoms in total. The van der Waals surface area contributed by atoms with Crippen LogP contribution >= 0.6 is 11.8 Å². The minimum absolute atomic E-state index is 0.0660. The van der Waals surface area contributed by atoms with Crippen molar-refractivity contribution in [1.82, 2.24) is 4.90 Å². The summed E-state index contributed by atoms with van der Waals surface area (Å²) in [5.74, 6) is -0.301. The van der Waals surface area contributed by atoms with Crippen LogP contribution < -0.4 is 10.1 Å². The Bertz CT molecular complexity index is 902. The highest BCUT2D eigenvalue weighted by Gasteiger charge is 2.35. The van der Waals surface area contributed by atoms with Gasteiger partial charge in [-0.15, -0.1) is 0 Å². The molecule has 3 rings (SSSR count). The number of carbonyl (C=O) groups is 2. The van der Waals surface area contributed by atoms with E-state index in [9.17, 15) is 14.0 Å². The van der Waals surface area contributed by atoms with Gasteiger partial charge in [-0.3, -0.25) is 14.5 Å². The predicted octanol–water partition coefficient (Wildman–Crippen LogP) is 3.81. The van der Waals surface area contributed by atoms with Crippen molar-refractivity contribution in [2.24, 2.45) is 4.99 Å². The zero-order valence-corrected chi connectivity index (χ0v) is 16.3. The molecule has 1 atom stereocenters. The number of nitrogens with one attached hydrogen (secondary N) is 1. The zero-order valence-electron chi connectivity index (χ0n) is 15.5. The third kappa shape index (κ3) is 4.51. The standard InChI is InChI=1S/C20H20FN3O3S/c1-3-24-18(25)12-17(19(26)22-14-10-8-13(21)9-11-14)28-20(24)23-15-6-4-5-7-16(15)27-2/h4-11,17H,3,12H2,1-2H3,(H,22,26)/t17-/m0/s1. The van der Waals surface area contributed by atoms with Crippen molar-refractivity contribution in [2.45, 2.75) is 18.6 Å². The van der Waals surface area contributed by atoms with E-state index in [4.69, 9.17) is 4.74 Å². The summed E-state index contributed by atoms with van der Waals surface area (Å²) in [4.78, 5) is 31.3. The number of hydrogen-bond acceptors (Lipinski definition) is 5. The Morgan fingerprint density at radius 3 is 2.68 bits per heavy atom. The van der Waals surface area contributed by atoms with E-state index in [2.05, 4.69) is 10.3 Å². The second kappa shape index (κ2) is 8.88. The maximum Gasteiger partial charge on any atom is 0.238 e. The highest BCUT2D eigenvalue weighted by Crippen LogP contribution is 2.33. The number of nitrogens with zero attached hydrogens (tertiary/aromatic N) is 2. The molecule has 28 heavy (non-hydrogen) atoms. The van der Waals surface area contributed by atoms with Crippen molar-refractivity contribution in [1.29, 1.82) is 0 Å². The molecule has 0 aromatic heterocycles. The molecular weight excluding hydrogens is 381 g/mol. The summed E-state index contributed by atoms with van der Waals surface area (Å²) in [6.07, 6.45) is 0.0660. The Labute approximate surface area is 166 Å². The van der Waals surface area contributed by atoms with Crippen LogP contribution in [0.2, 0.25) is 0 Å². The Hall–Kier alpha value is -2.87. The SMILES string of the molecule is CCN1C(=O)C[C@@H](C(=O)Nc2ccc(F)cc2)SC1=Nc1ccccc1OC. The molecule has 0 radical (unpaired) electrons.